The molecule has 0 aliphatic carbocycles. The second-order valence-electron chi connectivity index (χ2n) is 10.4. The molecule has 0 spiro atoms. The summed E-state index contributed by atoms with van der Waals surface area (Å²) in [5.74, 6) is 0. The van der Waals surface area contributed by atoms with E-state index in [0.29, 0.717) is 0 Å². The standard InChI is InChI=1S/C36H18O/c1-3-9-21-19(7-1)15-17-27-25-13-5-11-23-24-12-6-14-26-28-18-16-20-8-2-4-10-22(20)32(28)36-34(30(24)26)33(29(23)25)35(37-36)31(21)27/h1-18H. The lowest BCUT2D eigenvalue weighted by Gasteiger charge is -2.16. The van der Waals surface area contributed by atoms with E-state index in [-0.39, 0.29) is 0 Å². The quantitative estimate of drug-likeness (QED) is 0.160. The highest BCUT2D eigenvalue weighted by molar-refractivity contribution is 6.48. The summed E-state index contributed by atoms with van der Waals surface area (Å²) in [6.07, 6.45) is 0. The van der Waals surface area contributed by atoms with Crippen LogP contribution in [-0.4, -0.2) is 0 Å². The van der Waals surface area contributed by atoms with Crippen molar-refractivity contribution in [2.45, 2.75) is 0 Å². The monoisotopic (exact) mass is 466 g/mol. The van der Waals surface area contributed by atoms with Crippen molar-refractivity contribution in [1.82, 2.24) is 0 Å². The average Bonchev–Trinajstić information content (AvgIpc) is 3.37. The second-order valence-corrected chi connectivity index (χ2v) is 10.4. The SMILES string of the molecule is c1ccc2c(c1)ccc1c3cccc4c5cccc6c7ccc8ccccc8c7c7oc(c21)c(c34)c7c65. The maximum absolute atomic E-state index is 7.14. The molecule has 0 aliphatic rings. The molecule has 0 radical (unpaired) electrons. The number of rotatable bonds is 0. The van der Waals surface area contributed by atoms with Crippen molar-refractivity contribution >= 4 is 97.3 Å². The molecular weight excluding hydrogens is 448 g/mol. The Morgan fingerprint density at radius 3 is 1.11 bits per heavy atom. The molecule has 0 aliphatic heterocycles. The molecule has 0 amide bonds. The summed E-state index contributed by atoms with van der Waals surface area (Å²) in [5.41, 5.74) is 2.02. The van der Waals surface area contributed by atoms with E-state index in [1.54, 1.807) is 0 Å². The van der Waals surface area contributed by atoms with Crippen LogP contribution in [0, 0.1) is 0 Å². The third-order valence-corrected chi connectivity index (χ3v) is 8.72. The average molecular weight is 467 g/mol. The molecule has 1 heterocycles. The van der Waals surface area contributed by atoms with Crippen LogP contribution in [0.5, 0.6) is 0 Å². The molecular formula is C36H18O. The van der Waals surface area contributed by atoms with Crippen LogP contribution in [0.4, 0.5) is 0 Å². The Morgan fingerprint density at radius 1 is 0.270 bits per heavy atom. The summed E-state index contributed by atoms with van der Waals surface area (Å²) in [4.78, 5) is 0. The molecule has 168 valence electrons. The van der Waals surface area contributed by atoms with Crippen molar-refractivity contribution in [3.63, 3.8) is 0 Å². The van der Waals surface area contributed by atoms with Gasteiger partial charge in [-0.3, -0.25) is 0 Å². The minimum Gasteiger partial charge on any atom is -0.455 e. The fourth-order valence-corrected chi connectivity index (χ4v) is 7.28. The van der Waals surface area contributed by atoms with Crippen LogP contribution < -0.4 is 0 Å². The van der Waals surface area contributed by atoms with E-state index in [1.165, 1.54) is 86.2 Å². The van der Waals surface area contributed by atoms with Crippen molar-refractivity contribution in [3.8, 4) is 0 Å². The van der Waals surface area contributed by atoms with Crippen molar-refractivity contribution in [2.24, 2.45) is 0 Å². The molecule has 0 N–H and O–H groups in total. The molecule has 1 heteroatoms. The van der Waals surface area contributed by atoms with Gasteiger partial charge in [0.05, 0.1) is 0 Å². The zero-order valence-corrected chi connectivity index (χ0v) is 19.8. The number of hydrogen-bond donors (Lipinski definition) is 0. The lowest BCUT2D eigenvalue weighted by molar-refractivity contribution is 0.677. The largest absolute Gasteiger partial charge is 0.455 e. The third kappa shape index (κ3) is 1.99. The zero-order valence-electron chi connectivity index (χ0n) is 19.8. The number of furan rings is 1. The highest BCUT2D eigenvalue weighted by Crippen LogP contribution is 2.53. The van der Waals surface area contributed by atoms with Crippen LogP contribution in [-0.2, 0) is 0 Å². The van der Waals surface area contributed by atoms with E-state index in [4.69, 9.17) is 4.42 Å². The Kier molecular flexibility index (Phi) is 3.03. The Hall–Kier alpha value is -4.88. The Labute approximate surface area is 210 Å². The summed E-state index contributed by atoms with van der Waals surface area (Å²) in [6, 6.07) is 40.0. The lowest BCUT2D eigenvalue weighted by Crippen LogP contribution is -1.89. The van der Waals surface area contributed by atoms with Gasteiger partial charge in [0.25, 0.3) is 0 Å². The Morgan fingerprint density at radius 2 is 0.649 bits per heavy atom. The number of fused-ring (bicyclic) bond motifs is 11. The van der Waals surface area contributed by atoms with Gasteiger partial charge in [-0.05, 0) is 53.9 Å². The van der Waals surface area contributed by atoms with E-state index >= 15 is 0 Å². The van der Waals surface area contributed by atoms with Gasteiger partial charge in [0.1, 0.15) is 11.2 Å². The predicted octanol–water partition coefficient (Wildman–Crippen LogP) is 10.5. The van der Waals surface area contributed by atoms with E-state index < -0.39 is 0 Å². The van der Waals surface area contributed by atoms with Gasteiger partial charge >= 0.3 is 0 Å². The first-order chi connectivity index (χ1) is 18.4. The van der Waals surface area contributed by atoms with Gasteiger partial charge < -0.3 is 4.42 Å². The van der Waals surface area contributed by atoms with Gasteiger partial charge in [-0.1, -0.05) is 109 Å². The van der Waals surface area contributed by atoms with E-state index in [9.17, 15) is 0 Å². The lowest BCUT2D eigenvalue weighted by atomic mass is 9.85. The zero-order chi connectivity index (χ0) is 23.8. The van der Waals surface area contributed by atoms with Gasteiger partial charge in [0.2, 0.25) is 0 Å². The molecule has 0 atom stereocenters. The van der Waals surface area contributed by atoms with Crippen molar-refractivity contribution < 1.29 is 4.42 Å². The molecule has 1 aromatic heterocycles. The fourth-order valence-electron chi connectivity index (χ4n) is 7.28. The van der Waals surface area contributed by atoms with E-state index in [0.717, 1.165) is 11.2 Å². The van der Waals surface area contributed by atoms with Crippen LogP contribution >= 0.6 is 0 Å². The molecule has 0 fully saturated rings. The predicted molar refractivity (Wildman–Crippen MR) is 159 cm³/mol. The van der Waals surface area contributed by atoms with Crippen LogP contribution in [0.25, 0.3) is 97.3 Å². The van der Waals surface area contributed by atoms with Crippen LogP contribution in [0.3, 0.4) is 0 Å². The minimum atomic E-state index is 1.01. The molecule has 10 aromatic rings. The molecule has 0 saturated carbocycles. The van der Waals surface area contributed by atoms with Gasteiger partial charge in [0, 0.05) is 32.3 Å². The smallest absolute Gasteiger partial charge is 0.144 e. The normalized spacial score (nSPS) is 12.9. The molecule has 0 saturated heterocycles. The molecule has 1 nitrogen and oxygen atoms in total. The highest BCUT2D eigenvalue weighted by atomic mass is 16.3. The first-order valence-electron chi connectivity index (χ1n) is 12.9. The third-order valence-electron chi connectivity index (χ3n) is 8.72. The molecule has 10 rings (SSSR count). The maximum Gasteiger partial charge on any atom is 0.144 e. The molecule has 9 aromatic carbocycles. The first-order valence-corrected chi connectivity index (χ1v) is 12.9. The highest BCUT2D eigenvalue weighted by Gasteiger charge is 2.26. The summed E-state index contributed by atoms with van der Waals surface area (Å²) in [5, 5.41) is 20.3. The van der Waals surface area contributed by atoms with Gasteiger partial charge in [-0.25, -0.2) is 0 Å². The summed E-state index contributed by atoms with van der Waals surface area (Å²) in [6.45, 7) is 0. The van der Waals surface area contributed by atoms with Crippen LogP contribution in [0.15, 0.2) is 114 Å². The van der Waals surface area contributed by atoms with Crippen LogP contribution in [0.1, 0.15) is 0 Å². The summed E-state index contributed by atoms with van der Waals surface area (Å²) < 4.78 is 7.14. The molecule has 37 heavy (non-hydrogen) atoms. The minimum absolute atomic E-state index is 1.01. The molecule has 0 bridgehead atoms. The number of benzene rings is 9. The van der Waals surface area contributed by atoms with E-state index in [1.807, 2.05) is 0 Å². The maximum atomic E-state index is 7.14. The van der Waals surface area contributed by atoms with Crippen molar-refractivity contribution in [3.05, 3.63) is 109 Å². The van der Waals surface area contributed by atoms with Gasteiger partial charge in [0.15, 0.2) is 0 Å². The van der Waals surface area contributed by atoms with Crippen molar-refractivity contribution in [2.75, 3.05) is 0 Å². The summed E-state index contributed by atoms with van der Waals surface area (Å²) in [7, 11) is 0. The second kappa shape index (κ2) is 6.08. The number of hydrogen-bond acceptors (Lipinski definition) is 1. The van der Waals surface area contributed by atoms with Gasteiger partial charge in [-0.2, -0.15) is 0 Å². The van der Waals surface area contributed by atoms with E-state index in [2.05, 4.69) is 109 Å². The van der Waals surface area contributed by atoms with Crippen molar-refractivity contribution in [1.29, 1.82) is 0 Å². The van der Waals surface area contributed by atoms with Crippen LogP contribution in [0.2, 0.25) is 0 Å². The molecule has 0 unspecified atom stereocenters. The summed E-state index contributed by atoms with van der Waals surface area (Å²) >= 11 is 0. The fraction of sp³-hybridized carbons (Fsp3) is 0. The van der Waals surface area contributed by atoms with Gasteiger partial charge in [-0.15, -0.1) is 0 Å². The Bertz CT molecular complexity index is 2380. The topological polar surface area (TPSA) is 13.1 Å². The first kappa shape index (κ1) is 18.4. The Balaban J connectivity index is 1.68.